The van der Waals surface area contributed by atoms with Gasteiger partial charge in [0.05, 0.1) is 0 Å². The van der Waals surface area contributed by atoms with Crippen molar-refractivity contribution in [3.05, 3.63) is 34.9 Å². The van der Waals surface area contributed by atoms with Crippen LogP contribution in [0.3, 0.4) is 0 Å². The Kier molecular flexibility index (Phi) is 6.82. The first-order valence-corrected chi connectivity index (χ1v) is 9.27. The van der Waals surface area contributed by atoms with Crippen LogP contribution in [0.1, 0.15) is 51.0 Å². The number of ketones is 1. The summed E-state index contributed by atoms with van der Waals surface area (Å²) in [5.74, 6) is 0.322. The first-order chi connectivity index (χ1) is 11.3. The summed E-state index contributed by atoms with van der Waals surface area (Å²) in [7, 11) is 3.88. The Morgan fingerprint density at radius 1 is 1.25 bits per heavy atom. The Labute approximate surface area is 150 Å². The van der Waals surface area contributed by atoms with Crippen molar-refractivity contribution in [2.75, 3.05) is 14.1 Å². The Morgan fingerprint density at radius 2 is 1.88 bits per heavy atom. The standard InChI is InChI=1S/C20H29ClFNO/c1-13(2)20(24)17(15-6-8-16(21)9-7-15)11-14-5-10-19(23(3)4)18(22)12-14/h6-9,13-14,17-19H,5,10-12H2,1-4H3/t14?,17?,18-,19+/m0/s1. The second-order valence-electron chi connectivity index (χ2n) is 7.62. The summed E-state index contributed by atoms with van der Waals surface area (Å²) in [5.41, 5.74) is 1.00. The number of halogens is 2. The van der Waals surface area contributed by atoms with E-state index in [9.17, 15) is 9.18 Å². The monoisotopic (exact) mass is 353 g/mol. The molecule has 24 heavy (non-hydrogen) atoms. The van der Waals surface area contributed by atoms with Gasteiger partial charge in [-0.15, -0.1) is 0 Å². The molecule has 1 aliphatic carbocycles. The molecule has 4 heteroatoms. The molecule has 2 rings (SSSR count). The zero-order chi connectivity index (χ0) is 17.9. The van der Waals surface area contributed by atoms with Crippen molar-refractivity contribution in [1.82, 2.24) is 4.90 Å². The third-order valence-electron chi connectivity index (χ3n) is 5.26. The average Bonchev–Trinajstić information content (AvgIpc) is 2.52. The fourth-order valence-electron chi connectivity index (χ4n) is 3.82. The van der Waals surface area contributed by atoms with Gasteiger partial charge in [0.2, 0.25) is 0 Å². The van der Waals surface area contributed by atoms with Crippen LogP contribution in [0.15, 0.2) is 24.3 Å². The van der Waals surface area contributed by atoms with Crippen LogP contribution >= 0.6 is 11.6 Å². The highest BCUT2D eigenvalue weighted by molar-refractivity contribution is 6.30. The number of benzene rings is 1. The normalized spacial score (nSPS) is 25.9. The lowest BCUT2D eigenvalue weighted by atomic mass is 9.75. The summed E-state index contributed by atoms with van der Waals surface area (Å²) in [6, 6.07) is 7.55. The fourth-order valence-corrected chi connectivity index (χ4v) is 3.95. The van der Waals surface area contributed by atoms with Gasteiger partial charge in [0, 0.05) is 22.9 Å². The third kappa shape index (κ3) is 4.80. The maximum absolute atomic E-state index is 14.5. The van der Waals surface area contributed by atoms with E-state index in [0.717, 1.165) is 24.8 Å². The maximum Gasteiger partial charge on any atom is 0.142 e. The largest absolute Gasteiger partial charge is 0.304 e. The van der Waals surface area contributed by atoms with E-state index in [1.165, 1.54) is 0 Å². The van der Waals surface area contributed by atoms with E-state index in [-0.39, 0.29) is 29.6 Å². The van der Waals surface area contributed by atoms with Gasteiger partial charge in [0.1, 0.15) is 12.0 Å². The highest BCUT2D eigenvalue weighted by Crippen LogP contribution is 2.37. The number of carbonyl (C=O) groups excluding carboxylic acids is 1. The number of alkyl halides is 1. The summed E-state index contributed by atoms with van der Waals surface area (Å²) < 4.78 is 14.5. The van der Waals surface area contributed by atoms with E-state index >= 15 is 0 Å². The van der Waals surface area contributed by atoms with Gasteiger partial charge in [-0.1, -0.05) is 37.6 Å². The Hall–Kier alpha value is -0.930. The molecule has 0 radical (unpaired) electrons. The SMILES string of the molecule is CC(C)C(=O)C(CC1CC[C@@H](N(C)C)[C@@H](F)C1)c1ccc(Cl)cc1. The van der Waals surface area contributed by atoms with Crippen molar-refractivity contribution in [2.45, 2.75) is 57.7 Å². The third-order valence-corrected chi connectivity index (χ3v) is 5.52. The smallest absolute Gasteiger partial charge is 0.142 e. The molecule has 0 bridgehead atoms. The van der Waals surface area contributed by atoms with E-state index in [0.29, 0.717) is 11.4 Å². The molecular weight excluding hydrogens is 325 g/mol. The number of Topliss-reactive ketones (excluding diaryl/α,β-unsaturated/α-hetero) is 1. The van der Waals surface area contributed by atoms with Gasteiger partial charge in [-0.25, -0.2) is 4.39 Å². The Bertz CT molecular complexity index is 543. The zero-order valence-corrected chi connectivity index (χ0v) is 15.9. The first-order valence-electron chi connectivity index (χ1n) is 8.89. The first kappa shape index (κ1) is 19.4. The van der Waals surface area contributed by atoms with Crippen LogP contribution in [0.4, 0.5) is 4.39 Å². The predicted octanol–water partition coefficient (Wildman–Crippen LogP) is 5.11. The second-order valence-corrected chi connectivity index (χ2v) is 8.06. The topological polar surface area (TPSA) is 20.3 Å². The van der Waals surface area contributed by atoms with Crippen LogP contribution in [0, 0.1) is 11.8 Å². The lowest BCUT2D eigenvalue weighted by Crippen LogP contribution is -2.41. The van der Waals surface area contributed by atoms with Crippen molar-refractivity contribution in [3.63, 3.8) is 0 Å². The molecule has 2 unspecified atom stereocenters. The van der Waals surface area contributed by atoms with Crippen molar-refractivity contribution in [3.8, 4) is 0 Å². The lowest BCUT2D eigenvalue weighted by Gasteiger charge is -2.36. The quantitative estimate of drug-likeness (QED) is 0.708. The molecule has 1 fully saturated rings. The van der Waals surface area contributed by atoms with Gasteiger partial charge in [-0.3, -0.25) is 4.79 Å². The van der Waals surface area contributed by atoms with Crippen molar-refractivity contribution in [1.29, 1.82) is 0 Å². The minimum Gasteiger partial charge on any atom is -0.304 e. The molecule has 2 nitrogen and oxygen atoms in total. The second kappa shape index (κ2) is 8.44. The van der Waals surface area contributed by atoms with Gasteiger partial charge in [-0.05, 0) is 63.4 Å². The van der Waals surface area contributed by atoms with E-state index < -0.39 is 6.17 Å². The highest BCUT2D eigenvalue weighted by Gasteiger charge is 2.34. The van der Waals surface area contributed by atoms with Crippen LogP contribution in [-0.4, -0.2) is 37.0 Å². The van der Waals surface area contributed by atoms with Crippen LogP contribution in [0.2, 0.25) is 5.02 Å². The summed E-state index contributed by atoms with van der Waals surface area (Å²) in [4.78, 5) is 14.7. The minimum atomic E-state index is -0.807. The number of rotatable bonds is 6. The van der Waals surface area contributed by atoms with E-state index in [1.807, 2.05) is 57.1 Å². The fraction of sp³-hybridized carbons (Fsp3) is 0.650. The number of nitrogens with zero attached hydrogens (tertiary/aromatic N) is 1. The average molecular weight is 354 g/mol. The highest BCUT2D eigenvalue weighted by atomic mass is 35.5. The van der Waals surface area contributed by atoms with Gasteiger partial charge in [0.15, 0.2) is 0 Å². The van der Waals surface area contributed by atoms with Crippen LogP contribution in [-0.2, 0) is 4.79 Å². The van der Waals surface area contributed by atoms with Gasteiger partial charge >= 0.3 is 0 Å². The van der Waals surface area contributed by atoms with Gasteiger partial charge < -0.3 is 4.90 Å². The van der Waals surface area contributed by atoms with Crippen molar-refractivity contribution < 1.29 is 9.18 Å². The molecule has 134 valence electrons. The Balaban J connectivity index is 2.12. The molecular formula is C20H29ClFNO. The molecule has 0 aromatic heterocycles. The predicted molar refractivity (Wildman–Crippen MR) is 98.4 cm³/mol. The zero-order valence-electron chi connectivity index (χ0n) is 15.1. The van der Waals surface area contributed by atoms with Crippen LogP contribution < -0.4 is 0 Å². The van der Waals surface area contributed by atoms with E-state index in [1.54, 1.807) is 0 Å². The summed E-state index contributed by atoms with van der Waals surface area (Å²) in [5, 5.41) is 0.671. The summed E-state index contributed by atoms with van der Waals surface area (Å²) >= 11 is 5.98. The molecule has 0 heterocycles. The molecule has 4 atom stereocenters. The molecule has 0 N–H and O–H groups in total. The molecule has 1 aliphatic rings. The van der Waals surface area contributed by atoms with Crippen LogP contribution in [0.25, 0.3) is 0 Å². The molecule has 0 spiro atoms. The van der Waals surface area contributed by atoms with E-state index in [2.05, 4.69) is 0 Å². The molecule has 1 aromatic rings. The molecule has 0 saturated heterocycles. The van der Waals surface area contributed by atoms with Gasteiger partial charge in [-0.2, -0.15) is 0 Å². The Morgan fingerprint density at radius 3 is 2.38 bits per heavy atom. The number of hydrogen-bond donors (Lipinski definition) is 0. The summed E-state index contributed by atoms with van der Waals surface area (Å²) in [6.07, 6.45) is 2.33. The minimum absolute atomic E-state index is 0.0102. The van der Waals surface area contributed by atoms with Gasteiger partial charge in [0.25, 0.3) is 0 Å². The maximum atomic E-state index is 14.5. The molecule has 0 amide bonds. The summed E-state index contributed by atoms with van der Waals surface area (Å²) in [6.45, 7) is 3.87. The van der Waals surface area contributed by atoms with Crippen LogP contribution in [0.5, 0.6) is 0 Å². The molecule has 0 aliphatic heterocycles. The lowest BCUT2D eigenvalue weighted by molar-refractivity contribution is -0.124. The number of hydrogen-bond acceptors (Lipinski definition) is 2. The van der Waals surface area contributed by atoms with E-state index in [4.69, 9.17) is 11.6 Å². The number of carbonyl (C=O) groups is 1. The molecule has 1 aromatic carbocycles. The molecule has 1 saturated carbocycles. The van der Waals surface area contributed by atoms with Crippen molar-refractivity contribution in [2.24, 2.45) is 11.8 Å². The van der Waals surface area contributed by atoms with Crippen molar-refractivity contribution >= 4 is 17.4 Å².